The van der Waals surface area contributed by atoms with E-state index in [-0.39, 0.29) is 42.5 Å². The molecular weight excluding hydrogens is 812 g/mol. The molecule has 0 aliphatic heterocycles. The first-order chi connectivity index (χ1) is 27.7. The number of halogens is 1. The molecule has 60 heavy (non-hydrogen) atoms. The van der Waals surface area contributed by atoms with Gasteiger partial charge in [-0.05, 0) is 112 Å². The van der Waals surface area contributed by atoms with Gasteiger partial charge in [0.15, 0.2) is 0 Å². The second-order valence-electron chi connectivity index (χ2n) is 14.6. The molecule has 10 aromatic rings. The van der Waals surface area contributed by atoms with Crippen molar-refractivity contribution in [3.63, 3.8) is 0 Å². The molecule has 0 fully saturated rings. The van der Waals surface area contributed by atoms with Gasteiger partial charge in [0.25, 0.3) is 0 Å². The fourth-order valence-electron chi connectivity index (χ4n) is 7.64. The zero-order valence-corrected chi connectivity index (χ0v) is 38.7. The Morgan fingerprint density at radius 2 is 0.900 bits per heavy atom. The molecule has 0 bridgehead atoms. The predicted molar refractivity (Wildman–Crippen MR) is 257 cm³/mol. The van der Waals surface area contributed by atoms with Gasteiger partial charge in [0.05, 0.1) is 22.1 Å². The Morgan fingerprint density at radius 3 is 1.42 bits per heavy atom. The van der Waals surface area contributed by atoms with Crippen molar-refractivity contribution in [1.29, 1.82) is 0 Å². The first-order valence-corrected chi connectivity index (χ1v) is 20.0. The summed E-state index contributed by atoms with van der Waals surface area (Å²) in [5.74, 6) is 0. The summed E-state index contributed by atoms with van der Waals surface area (Å²) < 4.78 is 5.76. The molecule has 8 aromatic carbocycles. The Hall–Kier alpha value is -5.60. The van der Waals surface area contributed by atoms with Crippen LogP contribution in [0.5, 0.6) is 0 Å². The van der Waals surface area contributed by atoms with Gasteiger partial charge in [-0.25, -0.2) is 0 Å². The number of nitrogens with zero attached hydrogens (tertiary/aromatic N) is 2. The molecule has 5 nitrogen and oxygen atoms in total. The van der Waals surface area contributed by atoms with Crippen LogP contribution in [0.25, 0.3) is 55.0 Å². The van der Waals surface area contributed by atoms with Crippen LogP contribution < -0.4 is 40.6 Å². The van der Waals surface area contributed by atoms with E-state index >= 15 is 0 Å². The van der Waals surface area contributed by atoms with E-state index in [4.69, 9.17) is 5.73 Å². The van der Waals surface area contributed by atoms with E-state index in [1.165, 1.54) is 71.7 Å². The number of benzene rings is 8. The number of hydrogen-bond donors (Lipinski definition) is 2. The number of nitrogens with two attached hydrogens (primary N) is 1. The summed E-state index contributed by atoms with van der Waals surface area (Å²) >= 11 is 3.58. The second-order valence-corrected chi connectivity index (χ2v) is 15.5. The largest absolute Gasteiger partial charge is 1.00 e. The van der Waals surface area contributed by atoms with Crippen molar-refractivity contribution in [2.45, 2.75) is 27.7 Å². The first kappa shape index (κ1) is 45.5. The number of rotatable bonds is 4. The fourth-order valence-corrected chi connectivity index (χ4v) is 7.99. The Labute approximate surface area is 384 Å². The van der Waals surface area contributed by atoms with E-state index in [0.717, 1.165) is 27.1 Å². The van der Waals surface area contributed by atoms with Gasteiger partial charge in [-0.15, -0.1) is 0 Å². The van der Waals surface area contributed by atoms with Crippen molar-refractivity contribution in [2.24, 2.45) is 0 Å². The van der Waals surface area contributed by atoms with E-state index in [0.29, 0.717) is 0 Å². The van der Waals surface area contributed by atoms with Crippen LogP contribution in [0.1, 0.15) is 22.3 Å². The van der Waals surface area contributed by atoms with Gasteiger partial charge >= 0.3 is 29.6 Å². The average Bonchev–Trinajstić information content (AvgIpc) is 3.73. The summed E-state index contributed by atoms with van der Waals surface area (Å²) in [7, 11) is 0. The summed E-state index contributed by atoms with van der Waals surface area (Å²) in [6.07, 6.45) is 0. The summed E-state index contributed by atoms with van der Waals surface area (Å²) in [5, 5.41) is 8.72. The van der Waals surface area contributed by atoms with Crippen LogP contribution in [0.3, 0.4) is 0 Å². The SMILES string of the molecule is Brc1ccc2c3ccccc3n(-c3ccccc3)c2c1.Cc1ccc(N)c(C)c1.Cc1ccc(Nc2ccc3c4ccccc4n(-c4ccccc4)c3c2)c(C)c1.[CH3-].[Na+].[OH-]. The molecule has 0 saturated carbocycles. The summed E-state index contributed by atoms with van der Waals surface area (Å²) in [6, 6.07) is 63.9. The smallest absolute Gasteiger partial charge is 0.870 e. The van der Waals surface area contributed by atoms with Gasteiger partial charge in [0.2, 0.25) is 0 Å². The topological polar surface area (TPSA) is 77.9 Å². The van der Waals surface area contributed by atoms with Gasteiger partial charge in [0, 0.05) is 54.5 Å². The quantitative estimate of drug-likeness (QED) is 0.105. The molecule has 0 unspecified atom stereocenters. The van der Waals surface area contributed by atoms with Gasteiger partial charge in [-0.1, -0.05) is 136 Å². The normalized spacial score (nSPS) is 10.4. The molecule has 7 heteroatoms. The van der Waals surface area contributed by atoms with Crippen molar-refractivity contribution in [3.8, 4) is 11.4 Å². The molecule has 2 heterocycles. The molecule has 0 amide bonds. The summed E-state index contributed by atoms with van der Waals surface area (Å²) in [4.78, 5) is 0. The number of para-hydroxylation sites is 4. The molecule has 0 aliphatic carbocycles. The molecule has 296 valence electrons. The van der Waals surface area contributed by atoms with E-state index in [2.05, 4.69) is 215 Å². The van der Waals surface area contributed by atoms with E-state index in [9.17, 15) is 0 Å². The maximum absolute atomic E-state index is 5.59. The maximum atomic E-state index is 5.59. The second kappa shape index (κ2) is 20.1. The molecule has 0 radical (unpaired) electrons. The molecular formula is C53H49BrN4NaO-. The molecule has 10 rings (SSSR count). The minimum absolute atomic E-state index is 0. The Balaban J connectivity index is 0.000000187. The van der Waals surface area contributed by atoms with E-state index in [1.54, 1.807) is 0 Å². The molecule has 2 aromatic heterocycles. The van der Waals surface area contributed by atoms with Crippen molar-refractivity contribution < 1.29 is 35.0 Å². The summed E-state index contributed by atoms with van der Waals surface area (Å²) in [6.45, 7) is 8.35. The van der Waals surface area contributed by atoms with Crippen molar-refractivity contribution in [3.05, 3.63) is 216 Å². The number of nitrogens with one attached hydrogen (secondary N) is 1. The van der Waals surface area contributed by atoms with Crippen LogP contribution in [0.15, 0.2) is 186 Å². The van der Waals surface area contributed by atoms with E-state index in [1.807, 2.05) is 25.1 Å². The van der Waals surface area contributed by atoms with Crippen LogP contribution in [0, 0.1) is 35.1 Å². The number of fused-ring (bicyclic) bond motifs is 6. The third kappa shape index (κ3) is 9.55. The van der Waals surface area contributed by atoms with Gasteiger partial charge in [-0.3, -0.25) is 0 Å². The molecule has 4 N–H and O–H groups in total. The monoisotopic (exact) mass is 859 g/mol. The van der Waals surface area contributed by atoms with E-state index < -0.39 is 0 Å². The zero-order chi connectivity index (χ0) is 39.5. The number of aromatic nitrogens is 2. The van der Waals surface area contributed by atoms with Crippen molar-refractivity contribution >= 4 is 76.6 Å². The third-order valence-electron chi connectivity index (χ3n) is 10.4. The Kier molecular flexibility index (Phi) is 15.2. The Morgan fingerprint density at radius 1 is 0.450 bits per heavy atom. The first-order valence-electron chi connectivity index (χ1n) is 19.2. The standard InChI is InChI=1S/C26H22N2.C18H12BrN.C8H11N.CH3.Na.H2O/c1-18-12-15-24(19(2)16-18)27-20-13-14-23-22-10-6-7-11-25(22)28(26(23)17-20)21-8-4-3-5-9-21;19-13-10-11-16-15-8-4-5-9-17(15)20(18(16)12-13)14-6-2-1-3-7-14;1-6-3-4-8(9)7(2)5-6;;;/h3-17,27H,1-2H3;1-12H;3-5H,9H2,1-2H3;1H3;;1H2/q;;;-1;+1;/p-1. The van der Waals surface area contributed by atoms with Crippen LogP contribution in [0.4, 0.5) is 17.1 Å². The third-order valence-corrected chi connectivity index (χ3v) is 10.9. The average molecular weight is 861 g/mol. The zero-order valence-electron chi connectivity index (χ0n) is 35.1. The number of aryl methyl sites for hydroxylation is 4. The number of anilines is 3. The van der Waals surface area contributed by atoms with Crippen molar-refractivity contribution in [1.82, 2.24) is 9.13 Å². The number of hydrogen-bond acceptors (Lipinski definition) is 3. The minimum Gasteiger partial charge on any atom is -0.870 e. The minimum atomic E-state index is 0. The molecule has 0 atom stereocenters. The molecule has 0 spiro atoms. The van der Waals surface area contributed by atoms with Gasteiger partial charge in [-0.2, -0.15) is 0 Å². The fraction of sp³-hybridized carbons (Fsp3) is 0.0755. The van der Waals surface area contributed by atoms with Crippen LogP contribution in [-0.2, 0) is 0 Å². The van der Waals surface area contributed by atoms with Gasteiger partial charge < -0.3 is 33.1 Å². The maximum Gasteiger partial charge on any atom is 1.00 e. The van der Waals surface area contributed by atoms with Crippen molar-refractivity contribution in [2.75, 3.05) is 11.1 Å². The Bertz CT molecular complexity index is 3010. The van der Waals surface area contributed by atoms with Crippen LogP contribution >= 0.6 is 15.9 Å². The summed E-state index contributed by atoms with van der Waals surface area (Å²) in [5.41, 5.74) is 20.9. The molecule has 0 aliphatic rings. The number of nitrogen functional groups attached to an aromatic ring is 1. The molecule has 0 saturated heterocycles. The van der Waals surface area contributed by atoms with Crippen LogP contribution in [0.2, 0.25) is 0 Å². The van der Waals surface area contributed by atoms with Crippen LogP contribution in [-0.4, -0.2) is 14.6 Å². The van der Waals surface area contributed by atoms with Gasteiger partial charge in [0.1, 0.15) is 0 Å². The predicted octanol–water partition coefficient (Wildman–Crippen LogP) is 11.9.